The van der Waals surface area contributed by atoms with E-state index in [4.69, 9.17) is 0 Å². The zero-order valence-electron chi connectivity index (χ0n) is 18.6. The number of nitrogens with one attached hydrogen (secondary N) is 3. The third-order valence-corrected chi connectivity index (χ3v) is 6.81. The Morgan fingerprint density at radius 1 is 1.00 bits per heavy atom. The van der Waals surface area contributed by atoms with Gasteiger partial charge in [-0.2, -0.15) is 4.31 Å². The second-order valence-electron chi connectivity index (χ2n) is 7.01. The first-order valence-corrected chi connectivity index (χ1v) is 11.7. The molecule has 0 aliphatic rings. The highest BCUT2D eigenvalue weighted by molar-refractivity contribution is 7.89. The number of amides is 1. The molecule has 0 radical (unpaired) electrons. The van der Waals surface area contributed by atoms with Gasteiger partial charge in [0, 0.05) is 25.7 Å². The van der Waals surface area contributed by atoms with Crippen LogP contribution in [0.25, 0.3) is 0 Å². The molecule has 0 atom stereocenters. The molecule has 0 bridgehead atoms. The molecule has 174 valence electrons. The topological polar surface area (TPSA) is 134 Å². The third kappa shape index (κ3) is 5.95. The first-order chi connectivity index (χ1) is 15.1. The summed E-state index contributed by atoms with van der Waals surface area (Å²) >= 11 is 0. The lowest BCUT2D eigenvalue weighted by Crippen LogP contribution is -2.30. The number of carbonyl (C=O) groups is 1. The second kappa shape index (κ2) is 10.9. The van der Waals surface area contributed by atoms with Crippen molar-refractivity contribution in [1.82, 2.24) is 4.31 Å². The van der Waals surface area contributed by atoms with Gasteiger partial charge in [0.1, 0.15) is 5.69 Å². The van der Waals surface area contributed by atoms with Gasteiger partial charge >= 0.3 is 0 Å². The lowest BCUT2D eigenvalue weighted by Gasteiger charge is -2.20. The van der Waals surface area contributed by atoms with Crippen LogP contribution in [0.3, 0.4) is 0 Å². The van der Waals surface area contributed by atoms with E-state index in [0.717, 1.165) is 0 Å². The smallest absolute Gasteiger partial charge is 0.293 e. The van der Waals surface area contributed by atoms with E-state index in [1.807, 2.05) is 6.92 Å². The maximum absolute atomic E-state index is 12.9. The largest absolute Gasteiger partial charge is 0.384 e. The number of aryl methyl sites for hydroxylation is 1. The number of anilines is 3. The molecule has 0 spiro atoms. The standard InChI is InChI=1S/C21H29N5O5S/c1-5-22-17-11-9-16(32(30,31)25(6-2)7-3)13-19(17)23-14-21(27)24-18-10-8-15(4)12-20(18)26(28)29/h8-13,22-23H,5-7,14H2,1-4H3,(H,24,27). The van der Waals surface area contributed by atoms with Gasteiger partial charge in [-0.05, 0) is 43.7 Å². The molecule has 0 saturated carbocycles. The molecule has 3 N–H and O–H groups in total. The average molecular weight is 464 g/mol. The van der Waals surface area contributed by atoms with E-state index in [2.05, 4.69) is 16.0 Å². The van der Waals surface area contributed by atoms with Crippen molar-refractivity contribution < 1.29 is 18.1 Å². The summed E-state index contributed by atoms with van der Waals surface area (Å²) in [5.74, 6) is -0.503. The molecule has 0 fully saturated rings. The van der Waals surface area contributed by atoms with Crippen molar-refractivity contribution in [2.45, 2.75) is 32.6 Å². The minimum Gasteiger partial charge on any atom is -0.384 e. The number of nitro groups is 1. The average Bonchev–Trinajstić information content (AvgIpc) is 2.74. The van der Waals surface area contributed by atoms with Crippen LogP contribution in [0.15, 0.2) is 41.3 Å². The molecule has 32 heavy (non-hydrogen) atoms. The van der Waals surface area contributed by atoms with E-state index in [-0.39, 0.29) is 22.8 Å². The predicted molar refractivity (Wildman–Crippen MR) is 126 cm³/mol. The molecule has 0 aromatic heterocycles. The molecule has 11 heteroatoms. The number of nitrogens with zero attached hydrogens (tertiary/aromatic N) is 2. The Hall–Kier alpha value is -3.18. The number of benzene rings is 2. The predicted octanol–water partition coefficient (Wildman–Crippen LogP) is 3.42. The van der Waals surface area contributed by atoms with Crippen LogP contribution in [0, 0.1) is 17.0 Å². The number of sulfonamides is 1. The number of hydrogen-bond donors (Lipinski definition) is 3. The van der Waals surface area contributed by atoms with Crippen LogP contribution < -0.4 is 16.0 Å². The maximum atomic E-state index is 12.9. The fraction of sp³-hybridized carbons (Fsp3) is 0.381. The summed E-state index contributed by atoms with van der Waals surface area (Å²) < 4.78 is 27.1. The van der Waals surface area contributed by atoms with Crippen molar-refractivity contribution >= 4 is 38.7 Å². The highest BCUT2D eigenvalue weighted by Gasteiger charge is 2.23. The third-order valence-electron chi connectivity index (χ3n) is 4.76. The van der Waals surface area contributed by atoms with E-state index >= 15 is 0 Å². The molecule has 2 aromatic carbocycles. The zero-order chi connectivity index (χ0) is 23.9. The van der Waals surface area contributed by atoms with Gasteiger partial charge in [0.2, 0.25) is 15.9 Å². The van der Waals surface area contributed by atoms with Gasteiger partial charge in [-0.15, -0.1) is 0 Å². The normalized spacial score (nSPS) is 11.3. The summed E-state index contributed by atoms with van der Waals surface area (Å²) in [6.45, 7) is 8.22. The van der Waals surface area contributed by atoms with Crippen molar-refractivity contribution in [3.63, 3.8) is 0 Å². The van der Waals surface area contributed by atoms with E-state index in [0.29, 0.717) is 36.6 Å². The number of nitro benzene ring substituents is 1. The summed E-state index contributed by atoms with van der Waals surface area (Å²) in [4.78, 5) is 23.3. The van der Waals surface area contributed by atoms with Crippen LogP contribution >= 0.6 is 0 Å². The summed E-state index contributed by atoms with van der Waals surface area (Å²) in [7, 11) is -3.67. The Labute approximate surface area is 188 Å². The molecule has 2 aromatic rings. The van der Waals surface area contributed by atoms with Gasteiger partial charge in [-0.3, -0.25) is 14.9 Å². The fourth-order valence-electron chi connectivity index (χ4n) is 3.16. The van der Waals surface area contributed by atoms with Crippen molar-refractivity contribution in [1.29, 1.82) is 0 Å². The molecular weight excluding hydrogens is 434 g/mol. The number of hydrogen-bond acceptors (Lipinski definition) is 7. The summed E-state index contributed by atoms with van der Waals surface area (Å²) in [6.07, 6.45) is 0. The fourth-order valence-corrected chi connectivity index (χ4v) is 4.64. The Morgan fingerprint density at radius 3 is 2.25 bits per heavy atom. The molecule has 0 aliphatic carbocycles. The minimum absolute atomic E-state index is 0.0946. The van der Waals surface area contributed by atoms with E-state index in [1.54, 1.807) is 32.9 Å². The van der Waals surface area contributed by atoms with Crippen molar-refractivity contribution in [3.8, 4) is 0 Å². The van der Waals surface area contributed by atoms with Gasteiger partial charge in [-0.25, -0.2) is 8.42 Å². The molecular formula is C21H29N5O5S. The van der Waals surface area contributed by atoms with E-state index in [1.165, 1.54) is 28.6 Å². The second-order valence-corrected chi connectivity index (χ2v) is 8.94. The Bertz CT molecular complexity index is 1080. The summed E-state index contributed by atoms with van der Waals surface area (Å²) in [5, 5.41) is 19.9. The summed E-state index contributed by atoms with van der Waals surface area (Å²) in [5.41, 5.74) is 1.68. The van der Waals surface area contributed by atoms with Crippen LogP contribution in [-0.2, 0) is 14.8 Å². The summed E-state index contributed by atoms with van der Waals surface area (Å²) in [6, 6.07) is 9.17. The van der Waals surface area contributed by atoms with E-state index in [9.17, 15) is 23.3 Å². The first kappa shape index (κ1) is 25.1. The Kier molecular flexibility index (Phi) is 8.56. The highest BCUT2D eigenvalue weighted by atomic mass is 32.2. The van der Waals surface area contributed by atoms with Crippen molar-refractivity contribution in [2.75, 3.05) is 42.1 Å². The lowest BCUT2D eigenvalue weighted by molar-refractivity contribution is -0.384. The van der Waals surface area contributed by atoms with Gasteiger partial charge in [0.25, 0.3) is 5.69 Å². The quantitative estimate of drug-likeness (QED) is 0.343. The monoisotopic (exact) mass is 463 g/mol. The van der Waals surface area contributed by atoms with Crippen LogP contribution in [0.1, 0.15) is 26.3 Å². The Balaban J connectivity index is 2.24. The first-order valence-electron chi connectivity index (χ1n) is 10.3. The Morgan fingerprint density at radius 2 is 1.66 bits per heavy atom. The van der Waals surface area contributed by atoms with Crippen LogP contribution in [0.4, 0.5) is 22.7 Å². The van der Waals surface area contributed by atoms with E-state index < -0.39 is 20.9 Å². The van der Waals surface area contributed by atoms with Crippen LogP contribution in [-0.4, -0.2) is 49.7 Å². The molecule has 0 heterocycles. The number of carbonyl (C=O) groups excluding carboxylic acids is 1. The molecule has 10 nitrogen and oxygen atoms in total. The van der Waals surface area contributed by atoms with Gasteiger partial charge in [-0.1, -0.05) is 19.9 Å². The maximum Gasteiger partial charge on any atom is 0.293 e. The molecule has 0 unspecified atom stereocenters. The van der Waals surface area contributed by atoms with Crippen LogP contribution in [0.2, 0.25) is 0 Å². The minimum atomic E-state index is -3.67. The zero-order valence-corrected chi connectivity index (χ0v) is 19.5. The van der Waals surface area contributed by atoms with Crippen molar-refractivity contribution in [2.24, 2.45) is 0 Å². The lowest BCUT2D eigenvalue weighted by atomic mass is 10.2. The van der Waals surface area contributed by atoms with Gasteiger partial charge in [0.15, 0.2) is 0 Å². The SMILES string of the molecule is CCNc1ccc(S(=O)(=O)N(CC)CC)cc1NCC(=O)Nc1ccc(C)cc1[N+](=O)[O-]. The van der Waals surface area contributed by atoms with Crippen molar-refractivity contribution in [3.05, 3.63) is 52.1 Å². The highest BCUT2D eigenvalue weighted by Crippen LogP contribution is 2.28. The van der Waals surface area contributed by atoms with Gasteiger partial charge < -0.3 is 16.0 Å². The molecule has 2 rings (SSSR count). The number of rotatable bonds is 11. The molecule has 1 amide bonds. The van der Waals surface area contributed by atoms with Gasteiger partial charge in [0.05, 0.1) is 27.7 Å². The van der Waals surface area contributed by atoms with Crippen LogP contribution in [0.5, 0.6) is 0 Å². The molecule has 0 saturated heterocycles. The molecule has 0 aliphatic heterocycles.